The van der Waals surface area contributed by atoms with Crippen LogP contribution < -0.4 is 10.2 Å². The molecule has 1 amide bonds. The number of nitrogens with one attached hydrogen (secondary N) is 1. The molecule has 3 unspecified atom stereocenters. The number of hydrogen-bond acceptors (Lipinski definition) is 6. The highest BCUT2D eigenvalue weighted by Crippen LogP contribution is 2.38. The number of aliphatic hydroxyl groups is 1. The number of amides is 1. The summed E-state index contributed by atoms with van der Waals surface area (Å²) < 4.78 is 23.3. The fourth-order valence-electron chi connectivity index (χ4n) is 7.37. The Hall–Kier alpha value is -2.32. The van der Waals surface area contributed by atoms with Gasteiger partial charge in [0.25, 0.3) is 7.82 Å². The van der Waals surface area contributed by atoms with Crippen molar-refractivity contribution in [2.24, 2.45) is 0 Å². The SMILES string of the molecule is CC/C=C\C/C=C\C/C=C\C/C=C\C/C=C\CCCCCCCCCC(=O)NC(COP(=O)([O-])OCC[N+](C)(C)C)C(O)/C=C/CC/C=C/CCCCCCCCCCCCCCCCC. The normalized spacial score (nSPS) is 14.7. The third-order valence-corrected chi connectivity index (χ3v) is 12.6. The predicted octanol–water partition coefficient (Wildman–Crippen LogP) is 15.5. The highest BCUT2D eigenvalue weighted by molar-refractivity contribution is 7.45. The number of aliphatic hydroxyl groups excluding tert-OH is 1. The molecule has 2 N–H and O–H groups in total. The van der Waals surface area contributed by atoms with Crippen molar-refractivity contribution in [2.75, 3.05) is 40.9 Å². The maximum Gasteiger partial charge on any atom is 0.268 e. The van der Waals surface area contributed by atoms with Crippen LogP contribution in [0.5, 0.6) is 0 Å². The number of likely N-dealkylation sites (N-methyl/N-ethyl adjacent to an activating group) is 1. The van der Waals surface area contributed by atoms with E-state index in [1.165, 1.54) is 116 Å². The van der Waals surface area contributed by atoms with Crippen molar-refractivity contribution in [1.29, 1.82) is 0 Å². The molecule has 66 heavy (non-hydrogen) atoms. The standard InChI is InChI=1S/C57H103N2O6P/c1-6-8-10-12-14-16-18-20-22-24-26-28-29-31-33-35-37-39-41-43-45-47-49-51-57(61)58-55(54-65-66(62,63)64-53-52-59(3,4)5)56(60)50-48-46-44-42-40-38-36-34-32-30-27-25-23-21-19-17-15-13-11-9-7-2/h8,10,14,16,20,22,26,28,31,33,40,42,48,50,55-56,60H,6-7,9,11-13,15,17-19,21,23-25,27,29-30,32,34-39,41,43-47,49,51-54H2,1-5H3,(H-,58,61,62,63)/b10-8-,16-14-,22-20-,28-26-,33-31-,42-40+,50-48+. The molecule has 0 bridgehead atoms. The first kappa shape index (κ1) is 63.7. The average Bonchev–Trinajstić information content (AvgIpc) is 3.28. The van der Waals surface area contributed by atoms with Crippen LogP contribution in [0.4, 0.5) is 0 Å². The van der Waals surface area contributed by atoms with Gasteiger partial charge < -0.3 is 28.8 Å². The Morgan fingerprint density at radius 1 is 0.545 bits per heavy atom. The van der Waals surface area contributed by atoms with Crippen LogP contribution in [0.3, 0.4) is 0 Å². The maximum absolute atomic E-state index is 12.9. The van der Waals surface area contributed by atoms with Gasteiger partial charge in [-0.15, -0.1) is 0 Å². The fourth-order valence-corrected chi connectivity index (χ4v) is 8.09. The summed E-state index contributed by atoms with van der Waals surface area (Å²) in [4.78, 5) is 25.5. The molecule has 0 rings (SSSR count). The molecule has 0 aromatic rings. The number of quaternary nitrogens is 1. The van der Waals surface area contributed by atoms with Crippen LogP contribution in [0, 0.1) is 0 Å². The molecule has 0 aliphatic heterocycles. The minimum Gasteiger partial charge on any atom is -0.756 e. The maximum atomic E-state index is 12.9. The van der Waals surface area contributed by atoms with Gasteiger partial charge in [-0.1, -0.05) is 221 Å². The van der Waals surface area contributed by atoms with Gasteiger partial charge in [0.15, 0.2) is 0 Å². The second-order valence-corrected chi connectivity index (χ2v) is 20.6. The number of rotatable bonds is 48. The molecule has 0 radical (unpaired) electrons. The van der Waals surface area contributed by atoms with Gasteiger partial charge in [-0.2, -0.15) is 0 Å². The van der Waals surface area contributed by atoms with E-state index in [2.05, 4.69) is 92.1 Å². The van der Waals surface area contributed by atoms with Crippen LogP contribution >= 0.6 is 7.82 Å². The molecule has 8 nitrogen and oxygen atoms in total. The van der Waals surface area contributed by atoms with Crippen molar-refractivity contribution in [1.82, 2.24) is 5.32 Å². The molecule has 0 aliphatic carbocycles. The molecule has 0 fully saturated rings. The fraction of sp³-hybridized carbons (Fsp3) is 0.737. The zero-order chi connectivity index (χ0) is 48.5. The molecule has 0 aromatic carbocycles. The Labute approximate surface area is 407 Å². The lowest BCUT2D eigenvalue weighted by atomic mass is 10.0. The zero-order valence-corrected chi connectivity index (χ0v) is 44.3. The van der Waals surface area contributed by atoms with E-state index in [-0.39, 0.29) is 12.5 Å². The van der Waals surface area contributed by atoms with Gasteiger partial charge in [0.2, 0.25) is 5.91 Å². The van der Waals surface area contributed by atoms with Gasteiger partial charge in [0.05, 0.1) is 39.9 Å². The quantitative estimate of drug-likeness (QED) is 0.0272. The van der Waals surface area contributed by atoms with Crippen LogP contribution in [0.2, 0.25) is 0 Å². The number of carbonyl (C=O) groups excluding carboxylic acids is 1. The van der Waals surface area contributed by atoms with E-state index in [1.807, 2.05) is 27.2 Å². The van der Waals surface area contributed by atoms with Crippen molar-refractivity contribution < 1.29 is 32.9 Å². The molecule has 9 heteroatoms. The van der Waals surface area contributed by atoms with Crippen LogP contribution in [0.15, 0.2) is 85.1 Å². The Kier molecular flexibility index (Phi) is 46.1. The topological polar surface area (TPSA) is 108 Å². The van der Waals surface area contributed by atoms with E-state index in [9.17, 15) is 19.4 Å². The van der Waals surface area contributed by atoms with Crippen LogP contribution in [0.1, 0.15) is 219 Å². The zero-order valence-electron chi connectivity index (χ0n) is 43.4. The summed E-state index contributed by atoms with van der Waals surface area (Å²) in [7, 11) is 1.22. The Morgan fingerprint density at radius 2 is 0.939 bits per heavy atom. The number of allylic oxidation sites excluding steroid dienone is 13. The van der Waals surface area contributed by atoms with Crippen molar-refractivity contribution in [3.63, 3.8) is 0 Å². The summed E-state index contributed by atoms with van der Waals surface area (Å²) in [5.41, 5.74) is 0. The molecule has 382 valence electrons. The molecule has 0 saturated heterocycles. The lowest BCUT2D eigenvalue weighted by Crippen LogP contribution is -2.45. The van der Waals surface area contributed by atoms with E-state index >= 15 is 0 Å². The minimum absolute atomic E-state index is 0.0129. The number of hydrogen-bond donors (Lipinski definition) is 2. The van der Waals surface area contributed by atoms with Crippen LogP contribution in [0.25, 0.3) is 0 Å². The molecule has 0 heterocycles. The summed E-state index contributed by atoms with van der Waals surface area (Å²) >= 11 is 0. The largest absolute Gasteiger partial charge is 0.756 e. The Morgan fingerprint density at radius 3 is 1.41 bits per heavy atom. The molecular weight excluding hydrogens is 840 g/mol. The van der Waals surface area contributed by atoms with Gasteiger partial charge in [-0.3, -0.25) is 9.36 Å². The Bertz CT molecular complexity index is 1350. The van der Waals surface area contributed by atoms with E-state index in [4.69, 9.17) is 9.05 Å². The predicted molar refractivity (Wildman–Crippen MR) is 283 cm³/mol. The number of phosphoric ester groups is 1. The Balaban J connectivity index is 4.37. The molecule has 0 aromatic heterocycles. The lowest BCUT2D eigenvalue weighted by Gasteiger charge is -2.29. The molecule has 0 aliphatic rings. The van der Waals surface area contributed by atoms with Crippen molar-refractivity contribution in [3.05, 3.63) is 85.1 Å². The second kappa shape index (κ2) is 47.7. The number of phosphoric acid groups is 1. The van der Waals surface area contributed by atoms with Crippen LogP contribution in [-0.4, -0.2) is 68.5 Å². The molecule has 0 spiro atoms. The van der Waals surface area contributed by atoms with Crippen molar-refractivity contribution in [2.45, 2.75) is 231 Å². The van der Waals surface area contributed by atoms with Crippen molar-refractivity contribution >= 4 is 13.7 Å². The smallest absolute Gasteiger partial charge is 0.268 e. The third-order valence-electron chi connectivity index (χ3n) is 11.6. The molecule has 0 saturated carbocycles. The van der Waals surface area contributed by atoms with Gasteiger partial charge >= 0.3 is 0 Å². The molecule has 3 atom stereocenters. The highest BCUT2D eigenvalue weighted by atomic mass is 31.2. The summed E-state index contributed by atoms with van der Waals surface area (Å²) in [6.07, 6.45) is 66.5. The number of carbonyl (C=O) groups is 1. The van der Waals surface area contributed by atoms with Crippen molar-refractivity contribution in [3.8, 4) is 0 Å². The van der Waals surface area contributed by atoms with Gasteiger partial charge in [-0.05, 0) is 77.0 Å². The first-order chi connectivity index (χ1) is 32.0. The van der Waals surface area contributed by atoms with Gasteiger partial charge in [0, 0.05) is 6.42 Å². The summed E-state index contributed by atoms with van der Waals surface area (Å²) in [5.74, 6) is -0.221. The summed E-state index contributed by atoms with van der Waals surface area (Å²) in [5, 5.41) is 13.8. The summed E-state index contributed by atoms with van der Waals surface area (Å²) in [6.45, 7) is 4.51. The number of nitrogens with zero attached hydrogens (tertiary/aromatic N) is 1. The van der Waals surface area contributed by atoms with Crippen LogP contribution in [-0.2, 0) is 18.4 Å². The first-order valence-corrected chi connectivity index (χ1v) is 28.4. The average molecular weight is 943 g/mol. The van der Waals surface area contributed by atoms with E-state index in [0.717, 1.165) is 83.5 Å². The van der Waals surface area contributed by atoms with E-state index in [1.54, 1.807) is 6.08 Å². The second-order valence-electron chi connectivity index (χ2n) is 19.2. The van der Waals surface area contributed by atoms with E-state index < -0.39 is 26.6 Å². The lowest BCUT2D eigenvalue weighted by molar-refractivity contribution is -0.870. The first-order valence-electron chi connectivity index (χ1n) is 26.9. The number of unbranched alkanes of at least 4 members (excludes halogenated alkanes) is 23. The van der Waals surface area contributed by atoms with Gasteiger partial charge in [-0.25, -0.2) is 0 Å². The van der Waals surface area contributed by atoms with Gasteiger partial charge in [0.1, 0.15) is 13.2 Å². The highest BCUT2D eigenvalue weighted by Gasteiger charge is 2.23. The third kappa shape index (κ3) is 49.6. The van der Waals surface area contributed by atoms with E-state index in [0.29, 0.717) is 17.4 Å². The monoisotopic (exact) mass is 943 g/mol. The minimum atomic E-state index is -4.61. The summed E-state index contributed by atoms with van der Waals surface area (Å²) in [6, 6.07) is -0.915. The molecular formula is C57H103N2O6P.